The van der Waals surface area contributed by atoms with Gasteiger partial charge in [0.15, 0.2) is 0 Å². The van der Waals surface area contributed by atoms with E-state index >= 15 is 0 Å². The van der Waals surface area contributed by atoms with Crippen LogP contribution < -0.4 is 11.1 Å². The summed E-state index contributed by atoms with van der Waals surface area (Å²) >= 11 is 3.43. The molecule has 0 bridgehead atoms. The highest BCUT2D eigenvalue weighted by molar-refractivity contribution is 9.10. The molecule has 1 aliphatic carbocycles. The van der Waals surface area contributed by atoms with Crippen molar-refractivity contribution in [2.24, 2.45) is 5.41 Å². The van der Waals surface area contributed by atoms with E-state index in [4.69, 9.17) is 5.73 Å². The fraction of sp³-hybridized carbons (Fsp3) is 0.571. The number of halogens is 1. The largest absolute Gasteiger partial charge is 0.397 e. The van der Waals surface area contributed by atoms with Crippen LogP contribution in [0, 0.1) is 5.41 Å². The van der Waals surface area contributed by atoms with E-state index in [1.807, 2.05) is 18.2 Å². The lowest BCUT2D eigenvalue weighted by molar-refractivity contribution is 0.233. The van der Waals surface area contributed by atoms with Crippen molar-refractivity contribution in [1.29, 1.82) is 0 Å². The van der Waals surface area contributed by atoms with Gasteiger partial charge in [0.05, 0.1) is 11.4 Å². The van der Waals surface area contributed by atoms with Gasteiger partial charge in [-0.05, 0) is 36.5 Å². The monoisotopic (exact) mass is 296 g/mol. The standard InChI is InChI=1S/C14H21BrN2/c1-14(7-3-2-4-8-14)10-17-13-6-5-11(15)9-12(13)16/h5-6,9,17H,2-4,7-8,10,16H2,1H3. The van der Waals surface area contributed by atoms with Crippen molar-refractivity contribution < 1.29 is 0 Å². The van der Waals surface area contributed by atoms with Gasteiger partial charge in [-0.2, -0.15) is 0 Å². The molecule has 0 radical (unpaired) electrons. The fourth-order valence-electron chi connectivity index (χ4n) is 2.59. The van der Waals surface area contributed by atoms with Gasteiger partial charge in [-0.3, -0.25) is 0 Å². The topological polar surface area (TPSA) is 38.0 Å². The Bertz CT molecular complexity index is 384. The summed E-state index contributed by atoms with van der Waals surface area (Å²) in [7, 11) is 0. The van der Waals surface area contributed by atoms with E-state index in [1.165, 1.54) is 32.1 Å². The smallest absolute Gasteiger partial charge is 0.0574 e. The van der Waals surface area contributed by atoms with Crippen LogP contribution in [0.2, 0.25) is 0 Å². The summed E-state index contributed by atoms with van der Waals surface area (Å²) in [4.78, 5) is 0. The molecule has 17 heavy (non-hydrogen) atoms. The molecule has 3 heteroatoms. The van der Waals surface area contributed by atoms with Crippen molar-refractivity contribution >= 4 is 27.3 Å². The number of hydrogen-bond donors (Lipinski definition) is 2. The third-order valence-electron chi connectivity index (χ3n) is 3.78. The van der Waals surface area contributed by atoms with Crippen molar-refractivity contribution in [1.82, 2.24) is 0 Å². The van der Waals surface area contributed by atoms with Crippen LogP contribution >= 0.6 is 15.9 Å². The molecule has 1 aromatic rings. The minimum absolute atomic E-state index is 0.442. The number of rotatable bonds is 3. The first kappa shape index (κ1) is 12.7. The van der Waals surface area contributed by atoms with Crippen LogP contribution in [-0.4, -0.2) is 6.54 Å². The van der Waals surface area contributed by atoms with Crippen LogP contribution in [0.1, 0.15) is 39.0 Å². The zero-order valence-electron chi connectivity index (χ0n) is 10.4. The van der Waals surface area contributed by atoms with E-state index in [1.54, 1.807) is 0 Å². The summed E-state index contributed by atoms with van der Waals surface area (Å²) in [5, 5.41) is 3.50. The normalized spacial score (nSPS) is 18.9. The first-order valence-electron chi connectivity index (χ1n) is 6.38. The minimum atomic E-state index is 0.442. The van der Waals surface area contributed by atoms with Crippen LogP contribution in [0.15, 0.2) is 22.7 Å². The van der Waals surface area contributed by atoms with Crippen LogP contribution in [0.5, 0.6) is 0 Å². The number of nitrogens with two attached hydrogens (primary N) is 1. The number of benzene rings is 1. The predicted octanol–water partition coefficient (Wildman–Crippen LogP) is 4.41. The molecular weight excluding hydrogens is 276 g/mol. The Balaban J connectivity index is 1.97. The summed E-state index contributed by atoms with van der Waals surface area (Å²) < 4.78 is 1.03. The maximum atomic E-state index is 5.99. The first-order valence-corrected chi connectivity index (χ1v) is 7.17. The van der Waals surface area contributed by atoms with Gasteiger partial charge in [-0.1, -0.05) is 42.1 Å². The molecule has 1 aliphatic rings. The maximum Gasteiger partial charge on any atom is 0.0574 e. The summed E-state index contributed by atoms with van der Waals surface area (Å²) in [6, 6.07) is 6.03. The summed E-state index contributed by atoms with van der Waals surface area (Å²) in [5.74, 6) is 0. The van der Waals surface area contributed by atoms with Crippen LogP contribution in [0.3, 0.4) is 0 Å². The number of nitrogen functional groups attached to an aromatic ring is 1. The lowest BCUT2D eigenvalue weighted by Gasteiger charge is -2.34. The minimum Gasteiger partial charge on any atom is -0.397 e. The van der Waals surface area contributed by atoms with Crippen LogP contribution in [-0.2, 0) is 0 Å². The van der Waals surface area contributed by atoms with Crippen molar-refractivity contribution in [3.8, 4) is 0 Å². The molecule has 0 aromatic heterocycles. The molecule has 2 nitrogen and oxygen atoms in total. The summed E-state index contributed by atoms with van der Waals surface area (Å²) in [6.07, 6.45) is 6.80. The highest BCUT2D eigenvalue weighted by atomic mass is 79.9. The average molecular weight is 297 g/mol. The van der Waals surface area contributed by atoms with Gasteiger partial charge >= 0.3 is 0 Å². The second-order valence-electron chi connectivity index (χ2n) is 5.46. The Kier molecular flexibility index (Phi) is 3.97. The average Bonchev–Trinajstić information content (AvgIpc) is 2.29. The van der Waals surface area contributed by atoms with Gasteiger partial charge < -0.3 is 11.1 Å². The van der Waals surface area contributed by atoms with Gasteiger partial charge in [-0.15, -0.1) is 0 Å². The SMILES string of the molecule is CC1(CNc2ccc(Br)cc2N)CCCCC1. The highest BCUT2D eigenvalue weighted by Crippen LogP contribution is 2.36. The van der Waals surface area contributed by atoms with Gasteiger partial charge in [0.25, 0.3) is 0 Å². The van der Waals surface area contributed by atoms with E-state index in [9.17, 15) is 0 Å². The van der Waals surface area contributed by atoms with E-state index in [0.29, 0.717) is 5.41 Å². The predicted molar refractivity (Wildman–Crippen MR) is 78.2 cm³/mol. The van der Waals surface area contributed by atoms with E-state index in [0.717, 1.165) is 22.4 Å². The van der Waals surface area contributed by atoms with Gasteiger partial charge in [-0.25, -0.2) is 0 Å². The van der Waals surface area contributed by atoms with Crippen molar-refractivity contribution in [2.75, 3.05) is 17.6 Å². The molecular formula is C14H21BrN2. The quantitative estimate of drug-likeness (QED) is 0.811. The van der Waals surface area contributed by atoms with Crippen molar-refractivity contribution in [3.63, 3.8) is 0 Å². The van der Waals surface area contributed by atoms with Gasteiger partial charge in [0.1, 0.15) is 0 Å². The van der Waals surface area contributed by atoms with Gasteiger partial charge in [0, 0.05) is 11.0 Å². The number of anilines is 2. The summed E-state index contributed by atoms with van der Waals surface area (Å²) in [5.41, 5.74) is 8.30. The molecule has 3 N–H and O–H groups in total. The molecule has 0 unspecified atom stereocenters. The zero-order chi connectivity index (χ0) is 12.3. The van der Waals surface area contributed by atoms with Crippen molar-refractivity contribution in [3.05, 3.63) is 22.7 Å². The van der Waals surface area contributed by atoms with Crippen LogP contribution in [0.4, 0.5) is 11.4 Å². The summed E-state index contributed by atoms with van der Waals surface area (Å²) in [6.45, 7) is 3.41. The Morgan fingerprint density at radius 3 is 2.65 bits per heavy atom. The molecule has 2 rings (SSSR count). The molecule has 0 atom stereocenters. The second-order valence-corrected chi connectivity index (χ2v) is 6.37. The Hall–Kier alpha value is -0.700. The lowest BCUT2D eigenvalue weighted by Crippen LogP contribution is -2.29. The fourth-order valence-corrected chi connectivity index (χ4v) is 2.96. The molecule has 0 heterocycles. The Morgan fingerprint density at radius 2 is 2.00 bits per heavy atom. The third kappa shape index (κ3) is 3.38. The molecule has 1 saturated carbocycles. The van der Waals surface area contributed by atoms with E-state index < -0.39 is 0 Å². The van der Waals surface area contributed by atoms with Gasteiger partial charge in [0.2, 0.25) is 0 Å². The molecule has 94 valence electrons. The zero-order valence-corrected chi connectivity index (χ0v) is 12.0. The molecule has 0 saturated heterocycles. The first-order chi connectivity index (χ1) is 8.09. The second kappa shape index (κ2) is 5.30. The molecule has 1 fully saturated rings. The third-order valence-corrected chi connectivity index (χ3v) is 4.27. The van der Waals surface area contributed by atoms with Crippen molar-refractivity contribution in [2.45, 2.75) is 39.0 Å². The highest BCUT2D eigenvalue weighted by Gasteiger charge is 2.26. The Morgan fingerprint density at radius 1 is 1.29 bits per heavy atom. The van der Waals surface area contributed by atoms with E-state index in [2.05, 4.69) is 28.2 Å². The molecule has 0 aliphatic heterocycles. The number of nitrogens with one attached hydrogen (secondary N) is 1. The lowest BCUT2D eigenvalue weighted by atomic mass is 9.76. The number of hydrogen-bond acceptors (Lipinski definition) is 2. The molecule has 0 amide bonds. The molecule has 1 aromatic carbocycles. The maximum absolute atomic E-state index is 5.99. The molecule has 0 spiro atoms. The van der Waals surface area contributed by atoms with Crippen LogP contribution in [0.25, 0.3) is 0 Å². The van der Waals surface area contributed by atoms with E-state index in [-0.39, 0.29) is 0 Å². The Labute approximate surface area is 112 Å².